The maximum atomic E-state index is 13.5. The number of rotatable bonds is 4. The number of piperidine rings is 1. The fraction of sp³-hybridized carbons (Fsp3) is 0.192. The van der Waals surface area contributed by atoms with Crippen LogP contribution in [-0.2, 0) is 0 Å². The van der Waals surface area contributed by atoms with Gasteiger partial charge in [-0.25, -0.2) is 23.5 Å². The molecule has 2 heterocycles. The van der Waals surface area contributed by atoms with Gasteiger partial charge in [0.05, 0.1) is 22.4 Å². The predicted molar refractivity (Wildman–Crippen MR) is 128 cm³/mol. The van der Waals surface area contributed by atoms with E-state index < -0.39 is 0 Å². The molecule has 1 aromatic heterocycles. The number of hydrogen-bond donors (Lipinski definition) is 3. The fourth-order valence-corrected chi connectivity index (χ4v) is 4.08. The zero-order chi connectivity index (χ0) is 23.5. The molecule has 3 N–H and O–H groups in total. The molecule has 6 nitrogen and oxygen atoms in total. The van der Waals surface area contributed by atoms with Crippen LogP contribution in [0, 0.1) is 11.6 Å². The lowest BCUT2D eigenvalue weighted by Gasteiger charge is -2.23. The van der Waals surface area contributed by atoms with Crippen molar-refractivity contribution >= 4 is 22.8 Å². The molecule has 1 saturated heterocycles. The summed E-state index contributed by atoms with van der Waals surface area (Å²) < 4.78 is 27.0. The van der Waals surface area contributed by atoms with E-state index in [0.29, 0.717) is 39.2 Å². The minimum absolute atomic E-state index is 0.0948. The van der Waals surface area contributed by atoms with E-state index in [1.54, 1.807) is 42.5 Å². The number of anilines is 1. The Labute approximate surface area is 195 Å². The lowest BCUT2D eigenvalue weighted by Crippen LogP contribution is -2.47. The number of halogens is 2. The second-order valence-electron chi connectivity index (χ2n) is 8.28. The third-order valence-corrected chi connectivity index (χ3v) is 5.79. The first kappa shape index (κ1) is 21.9. The molecule has 0 spiro atoms. The smallest absolute Gasteiger partial charge is 0.319 e. The van der Waals surface area contributed by atoms with Crippen LogP contribution in [-0.4, -0.2) is 35.1 Å². The average Bonchev–Trinajstić information content (AvgIpc) is 2.85. The molecule has 0 saturated carbocycles. The SMILES string of the molecule is O=C(Nc1ccc2nc(-c3ccc(F)cc3)c(-c3ccc(F)cc3)nc2c1)NC1CCCNC1. The van der Waals surface area contributed by atoms with E-state index in [-0.39, 0.29) is 23.7 Å². The molecule has 1 atom stereocenters. The molecule has 5 rings (SSSR count). The van der Waals surface area contributed by atoms with Crippen LogP contribution in [0.3, 0.4) is 0 Å². The van der Waals surface area contributed by atoms with Crippen LogP contribution in [0.25, 0.3) is 33.5 Å². The number of carbonyl (C=O) groups is 1. The standard InChI is InChI=1S/C26H23F2N5O/c27-18-7-3-16(4-8-18)24-25(17-5-9-19(28)10-6-17)33-23-14-20(11-12-22(23)32-24)30-26(34)31-21-2-1-13-29-15-21/h3-12,14,21,29H,1-2,13,15H2,(H2,30,31,34). The quantitative estimate of drug-likeness (QED) is 0.396. The first-order valence-electron chi connectivity index (χ1n) is 11.2. The summed E-state index contributed by atoms with van der Waals surface area (Å²) in [6, 6.07) is 17.1. The third kappa shape index (κ3) is 4.87. The summed E-state index contributed by atoms with van der Waals surface area (Å²) in [6.45, 7) is 1.73. The van der Waals surface area contributed by atoms with Gasteiger partial charge in [0, 0.05) is 29.4 Å². The maximum Gasteiger partial charge on any atom is 0.319 e. The molecule has 2 amide bonds. The molecule has 1 unspecified atom stereocenters. The Morgan fingerprint density at radius 2 is 1.47 bits per heavy atom. The summed E-state index contributed by atoms with van der Waals surface area (Å²) in [4.78, 5) is 22.0. The van der Waals surface area contributed by atoms with E-state index in [9.17, 15) is 13.6 Å². The van der Waals surface area contributed by atoms with Crippen molar-refractivity contribution in [2.24, 2.45) is 0 Å². The topological polar surface area (TPSA) is 78.9 Å². The van der Waals surface area contributed by atoms with E-state index in [0.717, 1.165) is 25.9 Å². The molecule has 0 radical (unpaired) electrons. The number of amides is 2. The number of carbonyl (C=O) groups excluding carboxylic acids is 1. The van der Waals surface area contributed by atoms with Crippen molar-refractivity contribution in [2.75, 3.05) is 18.4 Å². The second kappa shape index (κ2) is 9.52. The lowest BCUT2D eigenvalue weighted by molar-refractivity contribution is 0.245. The van der Waals surface area contributed by atoms with Crippen LogP contribution in [0.4, 0.5) is 19.3 Å². The van der Waals surface area contributed by atoms with Gasteiger partial charge in [-0.3, -0.25) is 0 Å². The molecule has 1 fully saturated rings. The van der Waals surface area contributed by atoms with Crippen LogP contribution >= 0.6 is 0 Å². The molecule has 0 aliphatic carbocycles. The van der Waals surface area contributed by atoms with E-state index in [4.69, 9.17) is 9.97 Å². The van der Waals surface area contributed by atoms with Crippen LogP contribution in [0.1, 0.15) is 12.8 Å². The molecule has 0 bridgehead atoms. The van der Waals surface area contributed by atoms with Crippen molar-refractivity contribution in [1.82, 2.24) is 20.6 Å². The summed E-state index contributed by atoms with van der Waals surface area (Å²) in [6.07, 6.45) is 1.97. The van der Waals surface area contributed by atoms with Crippen molar-refractivity contribution < 1.29 is 13.6 Å². The van der Waals surface area contributed by atoms with Gasteiger partial charge in [-0.15, -0.1) is 0 Å². The van der Waals surface area contributed by atoms with Crippen LogP contribution in [0.5, 0.6) is 0 Å². The largest absolute Gasteiger partial charge is 0.334 e. The Morgan fingerprint density at radius 3 is 2.06 bits per heavy atom. The van der Waals surface area contributed by atoms with Crippen molar-refractivity contribution in [3.05, 3.63) is 78.4 Å². The second-order valence-corrected chi connectivity index (χ2v) is 8.28. The van der Waals surface area contributed by atoms with Gasteiger partial charge in [0.2, 0.25) is 0 Å². The number of nitrogens with one attached hydrogen (secondary N) is 3. The summed E-state index contributed by atoms with van der Waals surface area (Å²) in [7, 11) is 0. The summed E-state index contributed by atoms with van der Waals surface area (Å²) in [5, 5.41) is 9.11. The molecule has 8 heteroatoms. The molecule has 34 heavy (non-hydrogen) atoms. The van der Waals surface area contributed by atoms with Crippen molar-refractivity contribution in [3.63, 3.8) is 0 Å². The van der Waals surface area contributed by atoms with Crippen molar-refractivity contribution in [1.29, 1.82) is 0 Å². The molecular formula is C26H23F2N5O. The van der Waals surface area contributed by atoms with Gasteiger partial charge in [-0.2, -0.15) is 0 Å². The lowest BCUT2D eigenvalue weighted by atomic mass is 10.0. The number of hydrogen-bond acceptors (Lipinski definition) is 4. The van der Waals surface area contributed by atoms with E-state index in [2.05, 4.69) is 16.0 Å². The molecular weight excluding hydrogens is 436 g/mol. The van der Waals surface area contributed by atoms with Gasteiger partial charge in [0.1, 0.15) is 11.6 Å². The Balaban J connectivity index is 1.50. The predicted octanol–water partition coefficient (Wildman–Crippen LogP) is 5.12. The maximum absolute atomic E-state index is 13.5. The minimum atomic E-state index is -0.355. The molecule has 1 aliphatic heterocycles. The van der Waals surface area contributed by atoms with E-state index in [1.165, 1.54) is 24.3 Å². The van der Waals surface area contributed by atoms with Gasteiger partial charge in [0.15, 0.2) is 0 Å². The highest BCUT2D eigenvalue weighted by Gasteiger charge is 2.17. The normalized spacial score (nSPS) is 15.8. The van der Waals surface area contributed by atoms with Crippen LogP contribution in [0.15, 0.2) is 66.7 Å². The monoisotopic (exact) mass is 459 g/mol. The first-order chi connectivity index (χ1) is 16.5. The zero-order valence-corrected chi connectivity index (χ0v) is 18.3. The van der Waals surface area contributed by atoms with Crippen molar-refractivity contribution in [3.8, 4) is 22.5 Å². The van der Waals surface area contributed by atoms with E-state index in [1.807, 2.05) is 0 Å². The highest BCUT2D eigenvalue weighted by Crippen LogP contribution is 2.32. The summed E-state index contributed by atoms with van der Waals surface area (Å²) in [5.74, 6) is -0.703. The minimum Gasteiger partial charge on any atom is -0.334 e. The summed E-state index contributed by atoms with van der Waals surface area (Å²) in [5.41, 5.74) is 4.24. The highest BCUT2D eigenvalue weighted by atomic mass is 19.1. The Hall–Kier alpha value is -3.91. The first-order valence-corrected chi connectivity index (χ1v) is 11.2. The molecule has 4 aromatic rings. The Morgan fingerprint density at radius 1 is 0.853 bits per heavy atom. The number of benzene rings is 3. The fourth-order valence-electron chi connectivity index (χ4n) is 4.08. The van der Waals surface area contributed by atoms with E-state index >= 15 is 0 Å². The summed E-state index contributed by atoms with van der Waals surface area (Å²) >= 11 is 0. The zero-order valence-electron chi connectivity index (χ0n) is 18.3. The van der Waals surface area contributed by atoms with Gasteiger partial charge in [-0.05, 0) is 86.1 Å². The van der Waals surface area contributed by atoms with Gasteiger partial charge in [-0.1, -0.05) is 0 Å². The van der Waals surface area contributed by atoms with Crippen molar-refractivity contribution in [2.45, 2.75) is 18.9 Å². The Kier molecular flexibility index (Phi) is 6.14. The van der Waals surface area contributed by atoms with Gasteiger partial charge >= 0.3 is 6.03 Å². The number of urea groups is 1. The Bertz CT molecular complexity index is 1320. The highest BCUT2D eigenvalue weighted by molar-refractivity contribution is 5.93. The van der Waals surface area contributed by atoms with Gasteiger partial charge < -0.3 is 16.0 Å². The number of fused-ring (bicyclic) bond motifs is 1. The van der Waals surface area contributed by atoms with Crippen LogP contribution in [0.2, 0.25) is 0 Å². The average molecular weight is 460 g/mol. The molecule has 3 aromatic carbocycles. The van der Waals surface area contributed by atoms with Crippen LogP contribution < -0.4 is 16.0 Å². The molecule has 172 valence electrons. The third-order valence-electron chi connectivity index (χ3n) is 5.79. The number of nitrogens with zero attached hydrogens (tertiary/aromatic N) is 2. The number of aromatic nitrogens is 2. The van der Waals surface area contributed by atoms with Gasteiger partial charge in [0.25, 0.3) is 0 Å². The molecule has 1 aliphatic rings.